The molecule has 1 aliphatic carbocycles. The zero-order chi connectivity index (χ0) is 20.3. The number of aryl methyl sites for hydroxylation is 1. The maximum absolute atomic E-state index is 4.42. The summed E-state index contributed by atoms with van der Waals surface area (Å²) in [5.74, 6) is 1.28. The van der Waals surface area contributed by atoms with Crippen LogP contribution in [0.1, 0.15) is 72.8 Å². The zero-order valence-electron chi connectivity index (χ0n) is 17.8. The first-order valence-electron chi connectivity index (χ1n) is 11.4. The lowest BCUT2D eigenvalue weighted by atomic mass is 9.97. The van der Waals surface area contributed by atoms with Crippen molar-refractivity contribution in [3.05, 3.63) is 46.3 Å². The van der Waals surface area contributed by atoms with E-state index >= 15 is 0 Å². The molecule has 0 amide bonds. The van der Waals surface area contributed by atoms with Gasteiger partial charge in [-0.25, -0.2) is 4.98 Å². The molecule has 0 aromatic carbocycles. The monoisotopic (exact) mass is 405 g/mol. The number of unbranched alkanes of at least 4 members (excludes halogenated alkanes) is 1. The van der Waals surface area contributed by atoms with Gasteiger partial charge in [-0.1, -0.05) is 0 Å². The maximum Gasteiger partial charge on any atom is 0.202 e. The SMILES string of the molecule is Cc1[nH]c(C=C2CNN=C2c2nccnn2)c(C2CC2)c1CCCCN1CCCC1. The molecule has 1 saturated carbocycles. The molecule has 3 aliphatic rings. The highest BCUT2D eigenvalue weighted by atomic mass is 15.3. The number of aromatic amines is 1. The number of aromatic nitrogens is 4. The van der Waals surface area contributed by atoms with E-state index in [4.69, 9.17) is 0 Å². The Bertz CT molecular complexity index is 934. The lowest BCUT2D eigenvalue weighted by Gasteiger charge is -2.14. The third-order valence-electron chi connectivity index (χ3n) is 6.50. The number of nitrogens with zero attached hydrogens (tertiary/aromatic N) is 5. The fraction of sp³-hybridized carbons (Fsp3) is 0.565. The lowest BCUT2D eigenvalue weighted by Crippen LogP contribution is -2.20. The molecule has 158 valence electrons. The molecule has 0 bridgehead atoms. The summed E-state index contributed by atoms with van der Waals surface area (Å²) in [5.41, 5.74) is 10.7. The number of nitrogens with one attached hydrogen (secondary N) is 2. The van der Waals surface area contributed by atoms with Gasteiger partial charge in [-0.2, -0.15) is 10.2 Å². The summed E-state index contributed by atoms with van der Waals surface area (Å²) in [6.45, 7) is 6.78. The molecular weight excluding hydrogens is 374 g/mol. The summed E-state index contributed by atoms with van der Waals surface area (Å²) in [5, 5.41) is 12.5. The first-order chi connectivity index (χ1) is 14.8. The highest BCUT2D eigenvalue weighted by Crippen LogP contribution is 2.45. The van der Waals surface area contributed by atoms with Crippen LogP contribution in [0.5, 0.6) is 0 Å². The molecule has 2 N–H and O–H groups in total. The lowest BCUT2D eigenvalue weighted by molar-refractivity contribution is 0.330. The van der Waals surface area contributed by atoms with Gasteiger partial charge in [0.15, 0.2) is 0 Å². The molecule has 0 spiro atoms. The van der Waals surface area contributed by atoms with Gasteiger partial charge in [-0.3, -0.25) is 0 Å². The Kier molecular flexibility index (Phi) is 5.62. The first kappa shape index (κ1) is 19.4. The van der Waals surface area contributed by atoms with Gasteiger partial charge in [0.05, 0.1) is 12.7 Å². The summed E-state index contributed by atoms with van der Waals surface area (Å²) in [6.07, 6.45) is 14.6. The van der Waals surface area contributed by atoms with Gasteiger partial charge in [0.2, 0.25) is 5.82 Å². The van der Waals surface area contributed by atoms with Crippen molar-refractivity contribution in [2.75, 3.05) is 26.2 Å². The Labute approximate surface area is 178 Å². The number of hydrazone groups is 1. The first-order valence-corrected chi connectivity index (χ1v) is 11.4. The van der Waals surface area contributed by atoms with Crippen LogP contribution >= 0.6 is 0 Å². The van der Waals surface area contributed by atoms with Gasteiger partial charge >= 0.3 is 0 Å². The summed E-state index contributed by atoms with van der Waals surface area (Å²) >= 11 is 0. The van der Waals surface area contributed by atoms with Crippen molar-refractivity contribution in [1.29, 1.82) is 0 Å². The predicted octanol–water partition coefficient (Wildman–Crippen LogP) is 3.19. The van der Waals surface area contributed by atoms with Crippen molar-refractivity contribution in [1.82, 2.24) is 30.5 Å². The molecule has 2 fully saturated rings. The van der Waals surface area contributed by atoms with Crippen LogP contribution in [0, 0.1) is 6.92 Å². The van der Waals surface area contributed by atoms with E-state index in [1.54, 1.807) is 23.5 Å². The molecule has 2 aliphatic heterocycles. The van der Waals surface area contributed by atoms with Gasteiger partial charge in [0.25, 0.3) is 0 Å². The molecule has 5 rings (SSSR count). The van der Waals surface area contributed by atoms with E-state index in [0.717, 1.165) is 11.3 Å². The number of H-pyrrole nitrogens is 1. The van der Waals surface area contributed by atoms with Crippen LogP contribution in [-0.4, -0.2) is 57.0 Å². The van der Waals surface area contributed by atoms with Gasteiger partial charge in [-0.15, -0.1) is 5.10 Å². The summed E-state index contributed by atoms with van der Waals surface area (Å²) in [4.78, 5) is 10.6. The second kappa shape index (κ2) is 8.68. The van der Waals surface area contributed by atoms with E-state index in [-0.39, 0.29) is 0 Å². The topological polar surface area (TPSA) is 82.1 Å². The molecule has 2 aromatic heterocycles. The molecular formula is C23H31N7. The fourth-order valence-electron chi connectivity index (χ4n) is 4.83. The maximum atomic E-state index is 4.42. The van der Waals surface area contributed by atoms with E-state index < -0.39 is 0 Å². The van der Waals surface area contributed by atoms with Gasteiger partial charge in [-0.05, 0) is 94.6 Å². The Hall–Kier alpha value is -2.54. The molecule has 7 heteroatoms. The van der Waals surface area contributed by atoms with Crippen LogP contribution in [0.4, 0.5) is 0 Å². The van der Waals surface area contributed by atoms with Crippen molar-refractivity contribution >= 4 is 11.8 Å². The standard InChI is InChI=1S/C23H31N7/c1-16-19(6-2-3-11-30-12-4-5-13-30)21(17-7-8-17)20(27-16)14-18-15-26-28-22(18)23-24-9-10-25-29-23/h9-10,14,17,26-27H,2-8,11-13,15H2,1H3. The molecule has 0 atom stereocenters. The molecule has 0 unspecified atom stereocenters. The Morgan fingerprint density at radius 3 is 2.80 bits per heavy atom. The minimum atomic E-state index is 0.576. The van der Waals surface area contributed by atoms with Crippen LogP contribution < -0.4 is 5.43 Å². The smallest absolute Gasteiger partial charge is 0.202 e. The average Bonchev–Trinajstić information content (AvgIpc) is 3.14. The van der Waals surface area contributed by atoms with Crippen molar-refractivity contribution in [3.8, 4) is 0 Å². The second-order valence-corrected chi connectivity index (χ2v) is 8.77. The Balaban J connectivity index is 1.33. The van der Waals surface area contributed by atoms with Crippen LogP contribution in [-0.2, 0) is 6.42 Å². The van der Waals surface area contributed by atoms with E-state index in [1.807, 2.05) is 0 Å². The number of rotatable bonds is 8. The van der Waals surface area contributed by atoms with Crippen molar-refractivity contribution < 1.29 is 0 Å². The highest BCUT2D eigenvalue weighted by Gasteiger charge is 2.31. The van der Waals surface area contributed by atoms with Crippen LogP contribution in [0.2, 0.25) is 0 Å². The quantitative estimate of drug-likeness (QED) is 0.659. The summed E-state index contributed by atoms with van der Waals surface area (Å²) in [7, 11) is 0. The normalized spacial score (nSPS) is 20.7. The largest absolute Gasteiger partial charge is 0.359 e. The van der Waals surface area contributed by atoms with Crippen molar-refractivity contribution in [2.24, 2.45) is 5.10 Å². The van der Waals surface area contributed by atoms with E-state index in [2.05, 4.69) is 48.6 Å². The summed E-state index contributed by atoms with van der Waals surface area (Å²) < 4.78 is 0. The third kappa shape index (κ3) is 4.17. The van der Waals surface area contributed by atoms with Gasteiger partial charge in [0, 0.05) is 23.2 Å². The summed E-state index contributed by atoms with van der Waals surface area (Å²) in [6, 6.07) is 0. The van der Waals surface area contributed by atoms with Gasteiger partial charge < -0.3 is 15.3 Å². The molecule has 7 nitrogen and oxygen atoms in total. The highest BCUT2D eigenvalue weighted by molar-refractivity contribution is 6.14. The van der Waals surface area contributed by atoms with Crippen molar-refractivity contribution in [2.45, 2.75) is 57.8 Å². The molecule has 1 saturated heterocycles. The Morgan fingerprint density at radius 2 is 2.03 bits per heavy atom. The molecule has 4 heterocycles. The number of hydrogen-bond acceptors (Lipinski definition) is 6. The van der Waals surface area contributed by atoms with Crippen LogP contribution in [0.15, 0.2) is 23.1 Å². The van der Waals surface area contributed by atoms with E-state index in [0.29, 0.717) is 18.3 Å². The average molecular weight is 406 g/mol. The molecule has 2 aromatic rings. The molecule has 30 heavy (non-hydrogen) atoms. The van der Waals surface area contributed by atoms with Crippen molar-refractivity contribution in [3.63, 3.8) is 0 Å². The predicted molar refractivity (Wildman–Crippen MR) is 118 cm³/mol. The second-order valence-electron chi connectivity index (χ2n) is 8.77. The minimum absolute atomic E-state index is 0.576. The van der Waals surface area contributed by atoms with Gasteiger partial charge in [0.1, 0.15) is 5.71 Å². The van der Waals surface area contributed by atoms with Crippen LogP contribution in [0.3, 0.4) is 0 Å². The zero-order valence-corrected chi connectivity index (χ0v) is 17.8. The fourth-order valence-corrected chi connectivity index (χ4v) is 4.83. The van der Waals surface area contributed by atoms with Crippen LogP contribution in [0.25, 0.3) is 6.08 Å². The number of hydrogen-bond donors (Lipinski definition) is 2. The minimum Gasteiger partial charge on any atom is -0.359 e. The van der Waals surface area contributed by atoms with E-state index in [9.17, 15) is 0 Å². The van der Waals surface area contributed by atoms with E-state index in [1.165, 1.54) is 76.0 Å². The number of likely N-dealkylation sites (tertiary alicyclic amines) is 1. The Morgan fingerprint density at radius 1 is 1.17 bits per heavy atom. The third-order valence-corrected chi connectivity index (χ3v) is 6.50. The molecule has 0 radical (unpaired) electrons.